The fourth-order valence-electron chi connectivity index (χ4n) is 3.26. The summed E-state index contributed by atoms with van der Waals surface area (Å²) in [4.78, 5) is 11.1. The zero-order valence-corrected chi connectivity index (χ0v) is 14.2. The first-order chi connectivity index (χ1) is 12.2. The first kappa shape index (κ1) is 15.9. The molecule has 8 heteroatoms. The lowest BCUT2D eigenvalue weighted by molar-refractivity contribution is 0.105. The fourth-order valence-corrected chi connectivity index (χ4v) is 3.26. The summed E-state index contributed by atoms with van der Waals surface area (Å²) < 4.78 is 11.0. The van der Waals surface area contributed by atoms with Gasteiger partial charge in [0, 0.05) is 19.2 Å². The second-order valence-electron chi connectivity index (χ2n) is 6.29. The first-order valence-electron chi connectivity index (χ1n) is 8.24. The van der Waals surface area contributed by atoms with Gasteiger partial charge in [0.15, 0.2) is 0 Å². The molecule has 130 valence electrons. The van der Waals surface area contributed by atoms with E-state index in [4.69, 9.17) is 9.26 Å². The molecule has 3 heterocycles. The van der Waals surface area contributed by atoms with Crippen molar-refractivity contribution in [2.24, 2.45) is 0 Å². The molecule has 1 aliphatic heterocycles. The van der Waals surface area contributed by atoms with E-state index in [9.17, 15) is 0 Å². The quantitative estimate of drug-likeness (QED) is 0.760. The van der Waals surface area contributed by atoms with Crippen LogP contribution in [-0.2, 0) is 11.3 Å². The molecule has 1 aliphatic rings. The van der Waals surface area contributed by atoms with Crippen molar-refractivity contribution < 1.29 is 9.26 Å². The first-order valence-corrected chi connectivity index (χ1v) is 8.24. The zero-order chi connectivity index (χ0) is 17.2. The van der Waals surface area contributed by atoms with E-state index in [-0.39, 0.29) is 12.1 Å². The SMILES string of the molecule is CO[C@@H]1C[C@@H](c2ncn[nH]2)N(Cc2nc(-c3cccc(C)c3)no2)C1. The van der Waals surface area contributed by atoms with Gasteiger partial charge in [-0.1, -0.05) is 28.9 Å². The number of rotatable bonds is 5. The Morgan fingerprint density at radius 1 is 1.40 bits per heavy atom. The molecule has 0 aliphatic carbocycles. The maximum absolute atomic E-state index is 5.52. The molecule has 3 aromatic rings. The van der Waals surface area contributed by atoms with Crippen LogP contribution in [0.2, 0.25) is 0 Å². The van der Waals surface area contributed by atoms with Gasteiger partial charge in [-0.15, -0.1) is 0 Å². The van der Waals surface area contributed by atoms with Crippen LogP contribution in [-0.4, -0.2) is 50.0 Å². The monoisotopic (exact) mass is 340 g/mol. The Morgan fingerprint density at radius 2 is 2.32 bits per heavy atom. The van der Waals surface area contributed by atoms with Gasteiger partial charge in [0.1, 0.15) is 12.2 Å². The van der Waals surface area contributed by atoms with Gasteiger partial charge < -0.3 is 9.26 Å². The molecular weight excluding hydrogens is 320 g/mol. The van der Waals surface area contributed by atoms with Crippen molar-refractivity contribution >= 4 is 0 Å². The highest BCUT2D eigenvalue weighted by Crippen LogP contribution is 2.32. The summed E-state index contributed by atoms with van der Waals surface area (Å²) in [6, 6.07) is 8.16. The van der Waals surface area contributed by atoms with Crippen LogP contribution in [0.5, 0.6) is 0 Å². The lowest BCUT2D eigenvalue weighted by Gasteiger charge is -2.19. The van der Waals surface area contributed by atoms with Crippen molar-refractivity contribution in [2.75, 3.05) is 13.7 Å². The number of benzene rings is 1. The smallest absolute Gasteiger partial charge is 0.241 e. The molecule has 1 aromatic carbocycles. The van der Waals surface area contributed by atoms with Gasteiger partial charge in [-0.25, -0.2) is 4.98 Å². The van der Waals surface area contributed by atoms with E-state index in [1.54, 1.807) is 7.11 Å². The minimum Gasteiger partial charge on any atom is -0.380 e. The molecule has 0 saturated carbocycles. The van der Waals surface area contributed by atoms with Crippen LogP contribution in [0.25, 0.3) is 11.4 Å². The summed E-state index contributed by atoms with van der Waals surface area (Å²) in [5.41, 5.74) is 2.12. The third-order valence-electron chi connectivity index (χ3n) is 4.53. The molecule has 1 saturated heterocycles. The average molecular weight is 340 g/mol. The normalized spacial score (nSPS) is 21.0. The summed E-state index contributed by atoms with van der Waals surface area (Å²) in [5, 5.41) is 11.0. The standard InChI is InChI=1S/C17H20N6O2/c1-11-4-3-5-12(6-11)16-20-15(25-22-16)9-23-8-13(24-2)7-14(23)17-18-10-19-21-17/h3-6,10,13-14H,7-9H2,1-2H3,(H,18,19,21)/t13-,14+/m1/s1. The van der Waals surface area contributed by atoms with Crippen molar-refractivity contribution in [3.05, 3.63) is 47.9 Å². The number of H-pyrrole nitrogens is 1. The Morgan fingerprint density at radius 3 is 3.08 bits per heavy atom. The highest BCUT2D eigenvalue weighted by atomic mass is 16.5. The third kappa shape index (κ3) is 3.31. The van der Waals surface area contributed by atoms with Crippen LogP contribution in [0.1, 0.15) is 29.7 Å². The van der Waals surface area contributed by atoms with E-state index in [1.165, 1.54) is 6.33 Å². The van der Waals surface area contributed by atoms with E-state index < -0.39 is 0 Å². The van der Waals surface area contributed by atoms with Crippen LogP contribution < -0.4 is 0 Å². The second-order valence-corrected chi connectivity index (χ2v) is 6.29. The Balaban J connectivity index is 1.53. The molecule has 1 N–H and O–H groups in total. The van der Waals surface area contributed by atoms with E-state index in [1.807, 2.05) is 31.2 Å². The predicted octanol–water partition coefficient (Wildman–Crippen LogP) is 2.13. The van der Waals surface area contributed by atoms with Crippen LogP contribution in [0.4, 0.5) is 0 Å². The predicted molar refractivity (Wildman–Crippen MR) is 89.4 cm³/mol. The van der Waals surface area contributed by atoms with E-state index in [0.717, 1.165) is 29.9 Å². The van der Waals surface area contributed by atoms with Gasteiger partial charge in [0.25, 0.3) is 0 Å². The summed E-state index contributed by atoms with van der Waals surface area (Å²) in [6.07, 6.45) is 2.52. The second kappa shape index (κ2) is 6.73. The molecule has 8 nitrogen and oxygen atoms in total. The lowest BCUT2D eigenvalue weighted by atomic mass is 10.1. The van der Waals surface area contributed by atoms with Crippen LogP contribution in [0.3, 0.4) is 0 Å². The van der Waals surface area contributed by atoms with Gasteiger partial charge >= 0.3 is 0 Å². The molecule has 0 bridgehead atoms. The van der Waals surface area contributed by atoms with E-state index >= 15 is 0 Å². The van der Waals surface area contributed by atoms with E-state index in [2.05, 4.69) is 30.2 Å². The number of methoxy groups -OCH3 is 1. The summed E-state index contributed by atoms with van der Waals surface area (Å²) in [6.45, 7) is 3.37. The number of nitrogens with zero attached hydrogens (tertiary/aromatic N) is 5. The average Bonchev–Trinajstić information content (AvgIpc) is 3.35. The van der Waals surface area contributed by atoms with Crippen molar-refractivity contribution in [1.29, 1.82) is 0 Å². The number of aryl methyl sites for hydroxylation is 1. The zero-order valence-electron chi connectivity index (χ0n) is 14.2. The fraction of sp³-hybridized carbons (Fsp3) is 0.412. The van der Waals surface area contributed by atoms with Gasteiger partial charge in [0.05, 0.1) is 18.7 Å². The van der Waals surface area contributed by atoms with Gasteiger partial charge in [-0.05, 0) is 19.4 Å². The molecule has 0 spiro atoms. The van der Waals surface area contributed by atoms with Crippen molar-refractivity contribution in [2.45, 2.75) is 32.0 Å². The Labute approximate surface area is 145 Å². The molecule has 4 rings (SSSR count). The number of aromatic nitrogens is 5. The molecule has 2 aromatic heterocycles. The van der Waals surface area contributed by atoms with Crippen LogP contribution in [0.15, 0.2) is 35.1 Å². The minimum atomic E-state index is 0.0989. The molecule has 1 fully saturated rings. The topological polar surface area (TPSA) is 93.0 Å². The Kier molecular flexibility index (Phi) is 4.29. The number of ether oxygens (including phenoxy) is 1. The number of nitrogens with one attached hydrogen (secondary N) is 1. The summed E-state index contributed by atoms with van der Waals surface area (Å²) in [5.74, 6) is 2.02. The van der Waals surface area contributed by atoms with E-state index in [0.29, 0.717) is 18.3 Å². The maximum atomic E-state index is 5.52. The number of aromatic amines is 1. The Hall–Kier alpha value is -2.58. The van der Waals surface area contributed by atoms with Crippen molar-refractivity contribution in [3.8, 4) is 11.4 Å². The minimum absolute atomic E-state index is 0.0989. The van der Waals surface area contributed by atoms with Gasteiger partial charge in [-0.3, -0.25) is 10.00 Å². The lowest BCUT2D eigenvalue weighted by Crippen LogP contribution is -2.25. The molecule has 0 radical (unpaired) electrons. The number of likely N-dealkylation sites (tertiary alicyclic amines) is 1. The molecule has 2 atom stereocenters. The third-order valence-corrected chi connectivity index (χ3v) is 4.53. The van der Waals surface area contributed by atoms with Crippen molar-refractivity contribution in [3.63, 3.8) is 0 Å². The highest BCUT2D eigenvalue weighted by molar-refractivity contribution is 5.55. The maximum Gasteiger partial charge on any atom is 0.241 e. The number of hydrogen-bond donors (Lipinski definition) is 1. The Bertz CT molecular complexity index is 831. The van der Waals surface area contributed by atoms with Gasteiger partial charge in [0.2, 0.25) is 11.7 Å². The highest BCUT2D eigenvalue weighted by Gasteiger charge is 2.35. The molecule has 25 heavy (non-hydrogen) atoms. The van der Waals surface area contributed by atoms with Gasteiger partial charge in [-0.2, -0.15) is 10.1 Å². The van der Waals surface area contributed by atoms with Crippen LogP contribution >= 0.6 is 0 Å². The summed E-state index contributed by atoms with van der Waals surface area (Å²) >= 11 is 0. The molecular formula is C17H20N6O2. The number of hydrogen-bond acceptors (Lipinski definition) is 7. The van der Waals surface area contributed by atoms with Crippen molar-refractivity contribution in [1.82, 2.24) is 30.2 Å². The van der Waals surface area contributed by atoms with Crippen LogP contribution in [0, 0.1) is 6.92 Å². The largest absolute Gasteiger partial charge is 0.380 e. The summed E-state index contributed by atoms with van der Waals surface area (Å²) in [7, 11) is 1.73. The molecule has 0 amide bonds. The molecule has 0 unspecified atom stereocenters.